The number of hydrogen-bond donors (Lipinski definition) is 1. The second-order valence-electron chi connectivity index (χ2n) is 6.61. The second kappa shape index (κ2) is 8.14. The highest BCUT2D eigenvalue weighted by atomic mass is 16.2. The number of nitrogens with one attached hydrogen (secondary N) is 1. The molecule has 2 unspecified atom stereocenters. The lowest BCUT2D eigenvalue weighted by Crippen LogP contribution is -2.51. The summed E-state index contributed by atoms with van der Waals surface area (Å²) in [5.74, 6) is 0.213. The van der Waals surface area contributed by atoms with Crippen molar-refractivity contribution in [2.75, 3.05) is 6.54 Å². The van der Waals surface area contributed by atoms with Crippen LogP contribution in [0, 0.1) is 5.92 Å². The van der Waals surface area contributed by atoms with Gasteiger partial charge in [-0.15, -0.1) is 6.58 Å². The van der Waals surface area contributed by atoms with Crippen LogP contribution in [0.15, 0.2) is 36.5 Å². The van der Waals surface area contributed by atoms with Crippen molar-refractivity contribution in [3.63, 3.8) is 0 Å². The van der Waals surface area contributed by atoms with Crippen molar-refractivity contribution in [3.8, 4) is 0 Å². The van der Waals surface area contributed by atoms with Crippen LogP contribution in [-0.2, 0) is 9.59 Å². The lowest BCUT2D eigenvalue weighted by molar-refractivity contribution is -0.137. The molecular formula is C19H28N2O2. The number of carbonyl (C=O) groups excluding carboxylic acids is 2. The first-order valence-corrected chi connectivity index (χ1v) is 8.56. The summed E-state index contributed by atoms with van der Waals surface area (Å²) in [5.41, 5.74) is 2.57. The minimum absolute atomic E-state index is 0.0719. The Kier molecular flexibility index (Phi) is 6.20. The first kappa shape index (κ1) is 17.5. The number of likely N-dealkylation sites (tertiary alicyclic amines) is 1. The van der Waals surface area contributed by atoms with E-state index in [-0.39, 0.29) is 17.9 Å². The molecule has 0 aromatic heterocycles. The average Bonchev–Trinajstić information content (AvgIpc) is 2.99. The molecule has 4 nitrogen and oxygen atoms in total. The Morgan fingerprint density at radius 2 is 2.22 bits per heavy atom. The minimum Gasteiger partial charge on any atom is -0.347 e. The van der Waals surface area contributed by atoms with Crippen LogP contribution in [-0.4, -0.2) is 35.8 Å². The molecule has 1 aliphatic carbocycles. The average molecular weight is 316 g/mol. The molecule has 1 heterocycles. The number of nitrogens with zero attached hydrogens (tertiary/aromatic N) is 1. The van der Waals surface area contributed by atoms with E-state index in [0.29, 0.717) is 6.41 Å². The van der Waals surface area contributed by atoms with Gasteiger partial charge in [-0.1, -0.05) is 24.3 Å². The molecule has 2 aliphatic rings. The fourth-order valence-corrected chi connectivity index (χ4v) is 3.89. The van der Waals surface area contributed by atoms with Crippen LogP contribution in [0.1, 0.15) is 45.4 Å². The quantitative estimate of drug-likeness (QED) is 0.580. The van der Waals surface area contributed by atoms with E-state index in [1.54, 1.807) is 0 Å². The van der Waals surface area contributed by atoms with E-state index in [9.17, 15) is 9.59 Å². The minimum atomic E-state index is -0.423. The molecule has 1 fully saturated rings. The van der Waals surface area contributed by atoms with Gasteiger partial charge in [-0.25, -0.2) is 0 Å². The molecule has 1 saturated heterocycles. The van der Waals surface area contributed by atoms with Crippen molar-refractivity contribution in [1.82, 2.24) is 10.2 Å². The topological polar surface area (TPSA) is 49.4 Å². The van der Waals surface area contributed by atoms with Crippen molar-refractivity contribution in [3.05, 3.63) is 36.5 Å². The Labute approximate surface area is 139 Å². The summed E-state index contributed by atoms with van der Waals surface area (Å²) in [5, 5.41) is 2.79. The molecule has 126 valence electrons. The van der Waals surface area contributed by atoms with Crippen molar-refractivity contribution in [2.45, 2.75) is 57.5 Å². The van der Waals surface area contributed by atoms with Gasteiger partial charge in [-0.2, -0.15) is 0 Å². The second-order valence-corrected chi connectivity index (χ2v) is 6.61. The predicted molar refractivity (Wildman–Crippen MR) is 92.8 cm³/mol. The first-order valence-electron chi connectivity index (χ1n) is 8.56. The van der Waals surface area contributed by atoms with Crippen molar-refractivity contribution >= 4 is 12.3 Å². The van der Waals surface area contributed by atoms with Gasteiger partial charge in [0, 0.05) is 12.6 Å². The Bertz CT molecular complexity index is 509. The Hall–Kier alpha value is -1.84. The van der Waals surface area contributed by atoms with E-state index in [4.69, 9.17) is 0 Å². The summed E-state index contributed by atoms with van der Waals surface area (Å²) in [4.78, 5) is 25.9. The zero-order chi connectivity index (χ0) is 16.8. The van der Waals surface area contributed by atoms with Crippen molar-refractivity contribution < 1.29 is 9.59 Å². The third kappa shape index (κ3) is 3.92. The zero-order valence-electron chi connectivity index (χ0n) is 14.1. The van der Waals surface area contributed by atoms with Crippen LogP contribution in [0.2, 0.25) is 0 Å². The number of carbonyl (C=O) groups is 2. The third-order valence-electron chi connectivity index (χ3n) is 5.21. The summed E-state index contributed by atoms with van der Waals surface area (Å²) in [7, 11) is 0. The van der Waals surface area contributed by atoms with Crippen molar-refractivity contribution in [2.24, 2.45) is 5.92 Å². The van der Waals surface area contributed by atoms with Crippen LogP contribution in [0.25, 0.3) is 0 Å². The maximum Gasteiger partial charge on any atom is 0.245 e. The Balaban J connectivity index is 2.15. The van der Waals surface area contributed by atoms with Gasteiger partial charge in [-0.05, 0) is 56.9 Å². The molecule has 0 saturated carbocycles. The normalized spacial score (nSPS) is 25.9. The summed E-state index contributed by atoms with van der Waals surface area (Å²) in [6.45, 7) is 10.6. The number of allylic oxidation sites excluding steroid dienone is 4. The number of hydrogen-bond acceptors (Lipinski definition) is 2. The van der Waals surface area contributed by atoms with Crippen LogP contribution in [0.5, 0.6) is 0 Å². The maximum absolute atomic E-state index is 12.9. The highest BCUT2D eigenvalue weighted by molar-refractivity contribution is 5.84. The first-order chi connectivity index (χ1) is 11.1. The monoisotopic (exact) mass is 316 g/mol. The van der Waals surface area contributed by atoms with Crippen LogP contribution in [0.4, 0.5) is 0 Å². The van der Waals surface area contributed by atoms with Crippen LogP contribution >= 0.6 is 0 Å². The zero-order valence-corrected chi connectivity index (χ0v) is 14.1. The standard InChI is InChI=1S/C19H28N2O2/c1-4-7-16-9-10-17(12-15(16)5-2)18(20-13-22)19(23)21-11-6-8-14(21)3/h4-5,13-14,17-18H,1-2,6-12H2,3H3,(H,20,22)/t14?,17?,18-/m0/s1. The molecule has 0 bridgehead atoms. The lowest BCUT2D eigenvalue weighted by atomic mass is 9.78. The van der Waals surface area contributed by atoms with Gasteiger partial charge in [0.15, 0.2) is 0 Å². The molecule has 1 aliphatic heterocycles. The third-order valence-corrected chi connectivity index (χ3v) is 5.21. The van der Waals surface area contributed by atoms with Gasteiger partial charge < -0.3 is 10.2 Å². The highest BCUT2D eigenvalue weighted by Gasteiger charge is 2.36. The molecule has 0 aromatic carbocycles. The summed E-state index contributed by atoms with van der Waals surface area (Å²) in [6.07, 6.45) is 10.1. The lowest BCUT2D eigenvalue weighted by Gasteiger charge is -2.34. The van der Waals surface area contributed by atoms with Gasteiger partial charge in [0.05, 0.1) is 0 Å². The number of amides is 2. The van der Waals surface area contributed by atoms with Gasteiger partial charge in [0.25, 0.3) is 0 Å². The number of rotatable bonds is 7. The van der Waals surface area contributed by atoms with Crippen LogP contribution in [0.3, 0.4) is 0 Å². The van der Waals surface area contributed by atoms with Gasteiger partial charge >= 0.3 is 0 Å². The fourth-order valence-electron chi connectivity index (χ4n) is 3.89. The van der Waals surface area contributed by atoms with E-state index in [1.165, 1.54) is 11.1 Å². The van der Waals surface area contributed by atoms with E-state index in [0.717, 1.165) is 45.1 Å². The molecule has 4 heteroatoms. The Morgan fingerprint density at radius 3 is 2.78 bits per heavy atom. The highest BCUT2D eigenvalue weighted by Crippen LogP contribution is 2.34. The fraction of sp³-hybridized carbons (Fsp3) is 0.579. The summed E-state index contributed by atoms with van der Waals surface area (Å²) in [6, 6.07) is -0.152. The largest absolute Gasteiger partial charge is 0.347 e. The summed E-state index contributed by atoms with van der Waals surface area (Å²) < 4.78 is 0. The van der Waals surface area contributed by atoms with Gasteiger partial charge in [-0.3, -0.25) is 9.59 Å². The molecule has 0 spiro atoms. The summed E-state index contributed by atoms with van der Waals surface area (Å²) >= 11 is 0. The molecular weight excluding hydrogens is 288 g/mol. The molecule has 0 radical (unpaired) electrons. The van der Waals surface area contributed by atoms with Gasteiger partial charge in [0.1, 0.15) is 6.04 Å². The maximum atomic E-state index is 12.9. The SMILES string of the molecule is C=CCC1=C(C=C)CC([C@H](NC=O)C(=O)N2CCCC2C)CC1. The predicted octanol–water partition coefficient (Wildman–Crippen LogP) is 2.97. The van der Waals surface area contributed by atoms with Gasteiger partial charge in [0.2, 0.25) is 12.3 Å². The van der Waals surface area contributed by atoms with E-state index in [2.05, 4.69) is 25.4 Å². The Morgan fingerprint density at radius 1 is 1.43 bits per heavy atom. The molecule has 23 heavy (non-hydrogen) atoms. The molecule has 2 amide bonds. The molecule has 0 aromatic rings. The molecule has 1 N–H and O–H groups in total. The van der Waals surface area contributed by atoms with E-state index >= 15 is 0 Å². The van der Waals surface area contributed by atoms with E-state index in [1.807, 2.05) is 17.1 Å². The molecule has 3 atom stereocenters. The molecule has 2 rings (SSSR count). The van der Waals surface area contributed by atoms with E-state index < -0.39 is 6.04 Å². The van der Waals surface area contributed by atoms with Crippen molar-refractivity contribution in [1.29, 1.82) is 0 Å². The smallest absolute Gasteiger partial charge is 0.245 e. The van der Waals surface area contributed by atoms with Crippen LogP contribution < -0.4 is 5.32 Å².